The molecule has 0 aliphatic carbocycles. The molecule has 1 fully saturated rings. The highest BCUT2D eigenvalue weighted by Gasteiger charge is 2.17. The first-order valence-corrected chi connectivity index (χ1v) is 11.0. The van der Waals surface area contributed by atoms with E-state index >= 15 is 0 Å². The van der Waals surface area contributed by atoms with Crippen molar-refractivity contribution in [2.75, 3.05) is 57.4 Å². The van der Waals surface area contributed by atoms with Gasteiger partial charge >= 0.3 is 0 Å². The van der Waals surface area contributed by atoms with Crippen LogP contribution in [-0.2, 0) is 0 Å². The van der Waals surface area contributed by atoms with E-state index in [1.807, 2.05) is 25.1 Å². The molecule has 0 atom stereocenters. The lowest BCUT2D eigenvalue weighted by Gasteiger charge is -2.32. The van der Waals surface area contributed by atoms with Crippen molar-refractivity contribution in [3.8, 4) is 17.0 Å². The van der Waals surface area contributed by atoms with Crippen molar-refractivity contribution in [3.63, 3.8) is 0 Å². The summed E-state index contributed by atoms with van der Waals surface area (Å²) in [7, 11) is 2.15. The van der Waals surface area contributed by atoms with Crippen LogP contribution in [0, 0.1) is 6.92 Å². The standard InChI is InChI=1S/C24H29N7O2/c1-17-14-19(33-13-12-31-10-8-30(2)9-11-31)5-6-20(17)21-16-27-23(25)22(29-21)24(32)28-18-4-3-7-26-15-18/h3-7,14-16H,8-13H2,1-2H3,(H2,25,27)(H,28,32). The number of hydrogen-bond acceptors (Lipinski definition) is 8. The second-order valence-electron chi connectivity index (χ2n) is 8.16. The molecule has 0 spiro atoms. The summed E-state index contributed by atoms with van der Waals surface area (Å²) in [5.74, 6) is 0.446. The summed E-state index contributed by atoms with van der Waals surface area (Å²) < 4.78 is 5.97. The molecule has 2 aromatic heterocycles. The predicted molar refractivity (Wildman–Crippen MR) is 128 cm³/mol. The van der Waals surface area contributed by atoms with Gasteiger partial charge in [-0.15, -0.1) is 0 Å². The molecule has 3 heterocycles. The number of pyridine rings is 1. The molecule has 1 saturated heterocycles. The minimum Gasteiger partial charge on any atom is -0.492 e. The number of carbonyl (C=O) groups excluding carboxylic acids is 1. The number of nitrogens with zero attached hydrogens (tertiary/aromatic N) is 5. The van der Waals surface area contributed by atoms with E-state index in [-0.39, 0.29) is 11.5 Å². The van der Waals surface area contributed by atoms with E-state index in [9.17, 15) is 4.79 Å². The third-order valence-electron chi connectivity index (χ3n) is 5.68. The molecule has 1 aliphatic heterocycles. The van der Waals surface area contributed by atoms with Crippen LogP contribution in [0.4, 0.5) is 11.5 Å². The number of piperazine rings is 1. The van der Waals surface area contributed by atoms with Crippen molar-refractivity contribution in [1.82, 2.24) is 24.8 Å². The van der Waals surface area contributed by atoms with Crippen molar-refractivity contribution >= 4 is 17.4 Å². The van der Waals surface area contributed by atoms with Crippen LogP contribution in [0.1, 0.15) is 16.1 Å². The first kappa shape index (κ1) is 22.6. The number of nitrogens with one attached hydrogen (secondary N) is 1. The fraction of sp³-hybridized carbons (Fsp3) is 0.333. The summed E-state index contributed by atoms with van der Waals surface area (Å²) in [6, 6.07) is 9.31. The zero-order chi connectivity index (χ0) is 23.2. The van der Waals surface area contributed by atoms with Crippen molar-refractivity contribution in [2.45, 2.75) is 6.92 Å². The zero-order valence-electron chi connectivity index (χ0n) is 19.0. The van der Waals surface area contributed by atoms with Gasteiger partial charge in [-0.2, -0.15) is 0 Å². The van der Waals surface area contributed by atoms with Crippen LogP contribution < -0.4 is 15.8 Å². The molecule has 0 unspecified atom stereocenters. The Kier molecular flexibility index (Phi) is 7.11. The van der Waals surface area contributed by atoms with E-state index in [4.69, 9.17) is 10.5 Å². The van der Waals surface area contributed by atoms with Gasteiger partial charge in [0, 0.05) is 44.5 Å². The molecule has 9 nitrogen and oxygen atoms in total. The van der Waals surface area contributed by atoms with Gasteiger partial charge in [-0.05, 0) is 49.9 Å². The summed E-state index contributed by atoms with van der Waals surface area (Å²) in [5.41, 5.74) is 8.98. The molecule has 3 N–H and O–H groups in total. The van der Waals surface area contributed by atoms with E-state index < -0.39 is 5.91 Å². The van der Waals surface area contributed by atoms with Crippen LogP contribution in [0.2, 0.25) is 0 Å². The van der Waals surface area contributed by atoms with Gasteiger partial charge in [0.15, 0.2) is 11.5 Å². The number of ether oxygens (including phenoxy) is 1. The third kappa shape index (κ3) is 5.82. The van der Waals surface area contributed by atoms with Crippen LogP contribution in [-0.4, -0.2) is 77.0 Å². The lowest BCUT2D eigenvalue weighted by atomic mass is 10.1. The SMILES string of the molecule is Cc1cc(OCCN2CCN(C)CC2)ccc1-c1cnc(N)c(C(=O)Nc2cccnc2)n1. The van der Waals surface area contributed by atoms with Gasteiger partial charge in [-0.1, -0.05) is 0 Å². The summed E-state index contributed by atoms with van der Waals surface area (Å²) in [6.07, 6.45) is 4.76. The molecule has 1 amide bonds. The van der Waals surface area contributed by atoms with E-state index in [0.717, 1.165) is 49.6 Å². The van der Waals surface area contributed by atoms with E-state index in [0.29, 0.717) is 18.0 Å². The van der Waals surface area contributed by atoms with Crippen LogP contribution in [0.5, 0.6) is 5.75 Å². The smallest absolute Gasteiger partial charge is 0.278 e. The molecular weight excluding hydrogens is 418 g/mol. The topological polar surface area (TPSA) is 110 Å². The number of likely N-dealkylation sites (N-methyl/N-ethyl adjacent to an activating group) is 1. The average molecular weight is 448 g/mol. The molecule has 33 heavy (non-hydrogen) atoms. The summed E-state index contributed by atoms with van der Waals surface area (Å²) >= 11 is 0. The number of benzene rings is 1. The summed E-state index contributed by atoms with van der Waals surface area (Å²) in [4.78, 5) is 30.1. The highest BCUT2D eigenvalue weighted by Crippen LogP contribution is 2.26. The summed E-state index contributed by atoms with van der Waals surface area (Å²) in [5, 5.41) is 2.74. The van der Waals surface area contributed by atoms with Crippen LogP contribution >= 0.6 is 0 Å². The van der Waals surface area contributed by atoms with Gasteiger partial charge in [-0.3, -0.25) is 14.7 Å². The fourth-order valence-electron chi connectivity index (χ4n) is 3.70. The van der Waals surface area contributed by atoms with Crippen molar-refractivity contribution in [3.05, 3.63) is 60.2 Å². The molecule has 0 radical (unpaired) electrons. The number of nitrogens with two attached hydrogens (primary N) is 1. The first-order valence-electron chi connectivity index (χ1n) is 11.0. The Labute approximate surface area is 193 Å². The Balaban J connectivity index is 1.42. The second-order valence-corrected chi connectivity index (χ2v) is 8.16. The maximum absolute atomic E-state index is 12.7. The van der Waals surface area contributed by atoms with E-state index in [1.54, 1.807) is 30.7 Å². The lowest BCUT2D eigenvalue weighted by molar-refractivity contribution is 0.102. The number of aryl methyl sites for hydroxylation is 1. The molecule has 4 rings (SSSR count). The van der Waals surface area contributed by atoms with Gasteiger partial charge in [0.2, 0.25) is 0 Å². The number of rotatable bonds is 7. The minimum atomic E-state index is -0.434. The van der Waals surface area contributed by atoms with Gasteiger partial charge in [0.1, 0.15) is 12.4 Å². The van der Waals surface area contributed by atoms with Gasteiger partial charge in [0.25, 0.3) is 5.91 Å². The maximum Gasteiger partial charge on any atom is 0.278 e. The Morgan fingerprint density at radius 3 is 2.73 bits per heavy atom. The zero-order valence-corrected chi connectivity index (χ0v) is 19.0. The number of hydrogen-bond donors (Lipinski definition) is 2. The number of anilines is 2. The molecule has 1 aromatic carbocycles. The van der Waals surface area contributed by atoms with Crippen molar-refractivity contribution in [2.24, 2.45) is 0 Å². The monoisotopic (exact) mass is 447 g/mol. The van der Waals surface area contributed by atoms with Crippen molar-refractivity contribution < 1.29 is 9.53 Å². The van der Waals surface area contributed by atoms with Crippen LogP contribution in [0.15, 0.2) is 48.9 Å². The summed E-state index contributed by atoms with van der Waals surface area (Å²) in [6.45, 7) is 7.87. The van der Waals surface area contributed by atoms with Gasteiger partial charge in [-0.25, -0.2) is 9.97 Å². The van der Waals surface area contributed by atoms with Crippen molar-refractivity contribution in [1.29, 1.82) is 0 Å². The Morgan fingerprint density at radius 2 is 2.00 bits per heavy atom. The Hall–Kier alpha value is -3.56. The maximum atomic E-state index is 12.7. The number of carbonyl (C=O) groups is 1. The quantitative estimate of drug-likeness (QED) is 0.568. The van der Waals surface area contributed by atoms with Gasteiger partial charge in [0.05, 0.1) is 23.8 Å². The third-order valence-corrected chi connectivity index (χ3v) is 5.68. The number of nitrogen functional groups attached to an aromatic ring is 1. The molecule has 0 bridgehead atoms. The fourth-order valence-corrected chi connectivity index (χ4v) is 3.70. The minimum absolute atomic E-state index is 0.0710. The van der Waals surface area contributed by atoms with Gasteiger partial charge < -0.3 is 20.7 Å². The highest BCUT2D eigenvalue weighted by atomic mass is 16.5. The number of aromatic nitrogens is 3. The highest BCUT2D eigenvalue weighted by molar-refractivity contribution is 6.05. The lowest BCUT2D eigenvalue weighted by Crippen LogP contribution is -2.45. The van der Waals surface area contributed by atoms with Crippen LogP contribution in [0.25, 0.3) is 11.3 Å². The van der Waals surface area contributed by atoms with E-state index in [2.05, 4.69) is 37.1 Å². The number of amides is 1. The van der Waals surface area contributed by atoms with Crippen LogP contribution in [0.3, 0.4) is 0 Å². The normalized spacial score (nSPS) is 14.7. The molecular formula is C24H29N7O2. The largest absolute Gasteiger partial charge is 0.492 e. The molecule has 9 heteroatoms. The molecule has 1 aliphatic rings. The Morgan fingerprint density at radius 1 is 1.18 bits per heavy atom. The van der Waals surface area contributed by atoms with E-state index in [1.165, 1.54) is 0 Å². The Bertz CT molecular complexity index is 1100. The molecule has 0 saturated carbocycles. The average Bonchev–Trinajstić information content (AvgIpc) is 2.82. The first-order chi connectivity index (χ1) is 16.0. The molecule has 3 aromatic rings. The second kappa shape index (κ2) is 10.4. The molecule has 172 valence electrons. The predicted octanol–water partition coefficient (Wildman–Crippen LogP) is 2.31.